The summed E-state index contributed by atoms with van der Waals surface area (Å²) in [4.78, 5) is 25.9. The number of pyridine rings is 1. The third-order valence-electron chi connectivity index (χ3n) is 2.47. The van der Waals surface area contributed by atoms with E-state index in [2.05, 4.69) is 10.3 Å². The Morgan fingerprint density at radius 1 is 1.30 bits per heavy atom. The Balaban J connectivity index is 2.04. The molecule has 1 aromatic carbocycles. The lowest BCUT2D eigenvalue weighted by Gasteiger charge is -2.04. The quantitative estimate of drug-likeness (QED) is 0.533. The van der Waals surface area contributed by atoms with E-state index < -0.39 is 4.92 Å². The summed E-state index contributed by atoms with van der Waals surface area (Å²) in [7, 11) is 0. The number of rotatable bonds is 4. The van der Waals surface area contributed by atoms with Crippen LogP contribution in [0, 0.1) is 10.1 Å². The summed E-state index contributed by atoms with van der Waals surface area (Å²) in [5, 5.41) is 13.5. The Bertz CT molecular complexity index is 661. The molecule has 0 fully saturated rings. The molecule has 20 heavy (non-hydrogen) atoms. The highest BCUT2D eigenvalue weighted by atomic mass is 35.5. The fourth-order valence-electron chi connectivity index (χ4n) is 1.63. The first-order valence-corrected chi connectivity index (χ1v) is 6.08. The highest BCUT2D eigenvalue weighted by Gasteiger charge is 2.09. The minimum atomic E-state index is -0.500. The number of carbonyl (C=O) groups is 1. The van der Waals surface area contributed by atoms with Gasteiger partial charge in [0, 0.05) is 12.1 Å². The zero-order chi connectivity index (χ0) is 14.5. The molecule has 0 aliphatic rings. The second kappa shape index (κ2) is 6.12. The highest BCUT2D eigenvalue weighted by molar-refractivity contribution is 6.29. The van der Waals surface area contributed by atoms with Crippen LogP contribution in [-0.4, -0.2) is 15.8 Å². The monoisotopic (exact) mass is 291 g/mol. The van der Waals surface area contributed by atoms with Gasteiger partial charge < -0.3 is 5.32 Å². The molecule has 1 N–H and O–H groups in total. The molecule has 0 atom stereocenters. The standard InChI is InChI=1S/C13H10ClN3O3/c14-11-5-2-6-12(15-11)16-13(18)8-9-3-1-4-10(7-9)17(19)20/h1-7H,8H2,(H,15,16,18). The zero-order valence-electron chi connectivity index (χ0n) is 10.2. The van der Waals surface area contributed by atoms with Crippen LogP contribution in [0.2, 0.25) is 5.15 Å². The molecule has 0 saturated heterocycles. The van der Waals surface area contributed by atoms with Gasteiger partial charge in [0.25, 0.3) is 5.69 Å². The third kappa shape index (κ3) is 3.76. The average molecular weight is 292 g/mol. The van der Waals surface area contributed by atoms with Gasteiger partial charge in [0.05, 0.1) is 11.3 Å². The number of anilines is 1. The Labute approximate surface area is 119 Å². The Morgan fingerprint density at radius 3 is 2.75 bits per heavy atom. The largest absolute Gasteiger partial charge is 0.310 e. The summed E-state index contributed by atoms with van der Waals surface area (Å²) in [5.41, 5.74) is 0.509. The average Bonchev–Trinajstić information content (AvgIpc) is 2.38. The van der Waals surface area contributed by atoms with Crippen LogP contribution in [0.1, 0.15) is 5.56 Å². The molecule has 2 rings (SSSR count). The molecule has 1 aromatic heterocycles. The fourth-order valence-corrected chi connectivity index (χ4v) is 1.79. The van der Waals surface area contributed by atoms with Crippen LogP contribution in [0.25, 0.3) is 0 Å². The molecular formula is C13H10ClN3O3. The number of nitrogens with zero attached hydrogens (tertiary/aromatic N) is 2. The lowest BCUT2D eigenvalue weighted by Crippen LogP contribution is -2.15. The Hall–Kier alpha value is -2.47. The molecule has 0 aliphatic carbocycles. The molecule has 1 amide bonds. The van der Waals surface area contributed by atoms with Gasteiger partial charge in [0.15, 0.2) is 0 Å². The van der Waals surface area contributed by atoms with Crippen molar-refractivity contribution < 1.29 is 9.72 Å². The summed E-state index contributed by atoms with van der Waals surface area (Å²) in [5.74, 6) is 0.0215. The maximum absolute atomic E-state index is 11.8. The van der Waals surface area contributed by atoms with Crippen LogP contribution >= 0.6 is 11.6 Å². The predicted octanol–water partition coefficient (Wildman–Crippen LogP) is 2.82. The van der Waals surface area contributed by atoms with Crippen LogP contribution < -0.4 is 5.32 Å². The maximum Gasteiger partial charge on any atom is 0.269 e. The van der Waals surface area contributed by atoms with Crippen molar-refractivity contribution in [1.82, 2.24) is 4.98 Å². The third-order valence-corrected chi connectivity index (χ3v) is 2.68. The second-order valence-corrected chi connectivity index (χ2v) is 4.38. The second-order valence-electron chi connectivity index (χ2n) is 4.00. The van der Waals surface area contributed by atoms with Crippen LogP contribution in [0.4, 0.5) is 11.5 Å². The van der Waals surface area contributed by atoms with Gasteiger partial charge in [-0.15, -0.1) is 0 Å². The van der Waals surface area contributed by atoms with E-state index in [4.69, 9.17) is 11.6 Å². The van der Waals surface area contributed by atoms with E-state index in [0.717, 1.165) is 0 Å². The first-order chi connectivity index (χ1) is 9.54. The van der Waals surface area contributed by atoms with E-state index in [1.165, 1.54) is 12.1 Å². The van der Waals surface area contributed by atoms with E-state index in [9.17, 15) is 14.9 Å². The molecule has 1 heterocycles. The number of nitro benzene ring substituents is 1. The molecular weight excluding hydrogens is 282 g/mol. The summed E-state index contributed by atoms with van der Waals surface area (Å²) < 4.78 is 0. The SMILES string of the molecule is O=C(Cc1cccc([N+](=O)[O-])c1)Nc1cccc(Cl)n1. The van der Waals surface area contributed by atoms with Crippen molar-refractivity contribution in [3.05, 3.63) is 63.3 Å². The highest BCUT2D eigenvalue weighted by Crippen LogP contribution is 2.14. The number of carbonyl (C=O) groups excluding carboxylic acids is 1. The van der Waals surface area contributed by atoms with Gasteiger partial charge >= 0.3 is 0 Å². The molecule has 6 nitrogen and oxygen atoms in total. The van der Waals surface area contributed by atoms with Crippen molar-refractivity contribution in [1.29, 1.82) is 0 Å². The van der Waals surface area contributed by atoms with Gasteiger partial charge in [0.2, 0.25) is 5.91 Å². The number of nitro groups is 1. The smallest absolute Gasteiger partial charge is 0.269 e. The van der Waals surface area contributed by atoms with Crippen molar-refractivity contribution >= 4 is 29.0 Å². The molecule has 0 saturated carbocycles. The first kappa shape index (κ1) is 14.0. The van der Waals surface area contributed by atoms with Crippen LogP contribution in [0.3, 0.4) is 0 Å². The minimum Gasteiger partial charge on any atom is -0.310 e. The topological polar surface area (TPSA) is 85.1 Å². The molecule has 2 aromatic rings. The van der Waals surface area contributed by atoms with Crippen molar-refractivity contribution in [2.75, 3.05) is 5.32 Å². The molecule has 7 heteroatoms. The van der Waals surface area contributed by atoms with E-state index in [1.807, 2.05) is 0 Å². The van der Waals surface area contributed by atoms with Gasteiger partial charge in [-0.05, 0) is 17.7 Å². The Morgan fingerprint density at radius 2 is 2.05 bits per heavy atom. The maximum atomic E-state index is 11.8. The lowest BCUT2D eigenvalue weighted by atomic mass is 10.1. The summed E-state index contributed by atoms with van der Waals surface area (Å²) in [6.45, 7) is 0. The number of nitrogens with one attached hydrogen (secondary N) is 1. The number of hydrogen-bond donors (Lipinski definition) is 1. The number of benzene rings is 1. The van der Waals surface area contributed by atoms with E-state index in [0.29, 0.717) is 11.4 Å². The summed E-state index contributed by atoms with van der Waals surface area (Å²) in [6.07, 6.45) is 0.0237. The normalized spacial score (nSPS) is 10.1. The van der Waals surface area contributed by atoms with Gasteiger partial charge in [-0.2, -0.15) is 0 Å². The predicted molar refractivity (Wildman–Crippen MR) is 74.7 cm³/mol. The molecule has 0 spiro atoms. The summed E-state index contributed by atoms with van der Waals surface area (Å²) in [6, 6.07) is 10.8. The van der Waals surface area contributed by atoms with E-state index in [1.54, 1.807) is 30.3 Å². The molecule has 102 valence electrons. The molecule has 0 bridgehead atoms. The van der Waals surface area contributed by atoms with Crippen molar-refractivity contribution in [3.8, 4) is 0 Å². The number of hydrogen-bond acceptors (Lipinski definition) is 4. The zero-order valence-corrected chi connectivity index (χ0v) is 11.0. The minimum absolute atomic E-state index is 0.0237. The first-order valence-electron chi connectivity index (χ1n) is 5.70. The van der Waals surface area contributed by atoms with E-state index in [-0.39, 0.29) is 23.2 Å². The Kier molecular flexibility index (Phi) is 4.27. The van der Waals surface area contributed by atoms with Gasteiger partial charge in [-0.3, -0.25) is 14.9 Å². The van der Waals surface area contributed by atoms with Gasteiger partial charge in [-0.25, -0.2) is 4.98 Å². The lowest BCUT2D eigenvalue weighted by molar-refractivity contribution is -0.384. The molecule has 0 unspecified atom stereocenters. The van der Waals surface area contributed by atoms with Crippen molar-refractivity contribution in [2.45, 2.75) is 6.42 Å². The number of amides is 1. The molecule has 0 aliphatic heterocycles. The number of non-ortho nitro benzene ring substituents is 1. The fraction of sp³-hybridized carbons (Fsp3) is 0.0769. The summed E-state index contributed by atoms with van der Waals surface area (Å²) >= 11 is 5.71. The van der Waals surface area contributed by atoms with Crippen LogP contribution in [0.15, 0.2) is 42.5 Å². The molecule has 0 radical (unpaired) electrons. The van der Waals surface area contributed by atoms with Gasteiger partial charge in [0.1, 0.15) is 11.0 Å². The van der Waals surface area contributed by atoms with Crippen molar-refractivity contribution in [3.63, 3.8) is 0 Å². The number of halogens is 1. The van der Waals surface area contributed by atoms with Gasteiger partial charge in [-0.1, -0.05) is 29.8 Å². The van der Waals surface area contributed by atoms with Crippen LogP contribution in [-0.2, 0) is 11.2 Å². The number of aromatic nitrogens is 1. The van der Waals surface area contributed by atoms with Crippen LogP contribution in [0.5, 0.6) is 0 Å². The van der Waals surface area contributed by atoms with Crippen molar-refractivity contribution in [2.24, 2.45) is 0 Å². The van der Waals surface area contributed by atoms with E-state index >= 15 is 0 Å².